The van der Waals surface area contributed by atoms with Crippen LogP contribution in [0.1, 0.15) is 40.3 Å². The summed E-state index contributed by atoms with van der Waals surface area (Å²) in [5.41, 5.74) is 5.40. The average Bonchev–Trinajstić information content (AvgIpc) is 3.00. The van der Waals surface area contributed by atoms with Gasteiger partial charge in [-0.1, -0.05) is 0 Å². The number of ether oxygens (including phenoxy) is 2. The van der Waals surface area contributed by atoms with Crippen LogP contribution in [0.5, 0.6) is 11.5 Å². The maximum Gasteiger partial charge on any atom is 0.273 e. The number of carbonyl (C=O) groups excluding carboxylic acids is 2. The number of amides is 2. The second-order valence-corrected chi connectivity index (χ2v) is 4.83. The highest BCUT2D eigenvalue weighted by Gasteiger charge is 2.14. The van der Waals surface area contributed by atoms with Gasteiger partial charge in [-0.2, -0.15) is 0 Å². The van der Waals surface area contributed by atoms with Gasteiger partial charge < -0.3 is 13.9 Å². The molecular formula is C17H20N2O5. The predicted molar refractivity (Wildman–Crippen MR) is 87.2 cm³/mol. The van der Waals surface area contributed by atoms with E-state index in [1.165, 1.54) is 12.3 Å². The maximum atomic E-state index is 12.2. The number of benzene rings is 1. The molecule has 2 amide bonds. The summed E-state index contributed by atoms with van der Waals surface area (Å²) >= 11 is 0. The van der Waals surface area contributed by atoms with Crippen LogP contribution in [0, 0.1) is 6.92 Å². The van der Waals surface area contributed by atoms with Crippen LogP contribution in [0.25, 0.3) is 0 Å². The highest BCUT2D eigenvalue weighted by atomic mass is 16.5. The first kappa shape index (κ1) is 17.4. The Morgan fingerprint density at radius 3 is 2.29 bits per heavy atom. The van der Waals surface area contributed by atoms with Gasteiger partial charge in [-0.3, -0.25) is 20.4 Å². The van der Waals surface area contributed by atoms with E-state index in [0.717, 1.165) is 0 Å². The summed E-state index contributed by atoms with van der Waals surface area (Å²) in [5, 5.41) is 0. The van der Waals surface area contributed by atoms with Crippen LogP contribution in [-0.2, 0) is 0 Å². The van der Waals surface area contributed by atoms with Crippen molar-refractivity contribution in [2.75, 3.05) is 13.2 Å². The van der Waals surface area contributed by atoms with E-state index in [2.05, 4.69) is 10.9 Å². The minimum atomic E-state index is -0.464. The first-order valence-electron chi connectivity index (χ1n) is 7.61. The van der Waals surface area contributed by atoms with Crippen molar-refractivity contribution in [3.05, 3.63) is 47.4 Å². The standard InChI is InChI=1S/C17H20N2O5/c1-4-22-14-7-6-12(10-15(14)23-5-2)16(20)18-19-17(21)13-8-9-24-11(13)3/h6-10H,4-5H2,1-3H3,(H,18,20)(H,19,21). The summed E-state index contributed by atoms with van der Waals surface area (Å²) in [4.78, 5) is 24.1. The molecule has 2 N–H and O–H groups in total. The minimum absolute atomic E-state index is 0.339. The highest BCUT2D eigenvalue weighted by molar-refractivity contribution is 5.99. The van der Waals surface area contributed by atoms with Crippen molar-refractivity contribution >= 4 is 11.8 Å². The Morgan fingerprint density at radius 1 is 1.00 bits per heavy atom. The molecule has 0 aliphatic carbocycles. The van der Waals surface area contributed by atoms with Crippen molar-refractivity contribution in [3.8, 4) is 11.5 Å². The van der Waals surface area contributed by atoms with Gasteiger partial charge in [0.2, 0.25) is 0 Å². The Labute approximate surface area is 139 Å². The van der Waals surface area contributed by atoms with E-state index in [0.29, 0.717) is 41.6 Å². The fourth-order valence-electron chi connectivity index (χ4n) is 2.07. The van der Waals surface area contributed by atoms with Gasteiger partial charge in [0, 0.05) is 5.56 Å². The van der Waals surface area contributed by atoms with Gasteiger partial charge in [0.25, 0.3) is 11.8 Å². The van der Waals surface area contributed by atoms with E-state index in [4.69, 9.17) is 13.9 Å². The number of aryl methyl sites for hydroxylation is 1. The number of furan rings is 1. The molecule has 0 spiro atoms. The van der Waals surface area contributed by atoms with Crippen LogP contribution in [0.15, 0.2) is 34.9 Å². The second-order valence-electron chi connectivity index (χ2n) is 4.83. The Hall–Kier alpha value is -2.96. The molecule has 7 heteroatoms. The molecule has 1 heterocycles. The molecule has 1 aromatic heterocycles. The molecule has 2 rings (SSSR count). The van der Waals surface area contributed by atoms with E-state index in [1.807, 2.05) is 13.8 Å². The summed E-state index contributed by atoms with van der Waals surface area (Å²) in [6.45, 7) is 6.31. The molecule has 0 aliphatic rings. The van der Waals surface area contributed by atoms with E-state index >= 15 is 0 Å². The number of nitrogens with one attached hydrogen (secondary N) is 2. The molecule has 0 bridgehead atoms. The van der Waals surface area contributed by atoms with Crippen molar-refractivity contribution in [2.24, 2.45) is 0 Å². The molecule has 2 aromatic rings. The monoisotopic (exact) mass is 332 g/mol. The van der Waals surface area contributed by atoms with Crippen molar-refractivity contribution < 1.29 is 23.5 Å². The smallest absolute Gasteiger partial charge is 0.273 e. The number of hydrazine groups is 1. The number of rotatable bonds is 6. The molecule has 0 saturated heterocycles. The zero-order valence-corrected chi connectivity index (χ0v) is 13.8. The fourth-order valence-corrected chi connectivity index (χ4v) is 2.07. The fraction of sp³-hybridized carbons (Fsp3) is 0.294. The van der Waals surface area contributed by atoms with Crippen LogP contribution < -0.4 is 20.3 Å². The Bertz CT molecular complexity index is 724. The van der Waals surface area contributed by atoms with Crippen LogP contribution in [-0.4, -0.2) is 25.0 Å². The molecule has 0 fully saturated rings. The molecule has 0 saturated carbocycles. The lowest BCUT2D eigenvalue weighted by Crippen LogP contribution is -2.41. The SMILES string of the molecule is CCOc1ccc(C(=O)NNC(=O)c2ccoc2C)cc1OCC. The molecule has 0 radical (unpaired) electrons. The van der Waals surface area contributed by atoms with Gasteiger partial charge in [-0.05, 0) is 45.0 Å². The lowest BCUT2D eigenvalue weighted by Gasteiger charge is -2.12. The zero-order chi connectivity index (χ0) is 17.5. The van der Waals surface area contributed by atoms with Gasteiger partial charge in [0.15, 0.2) is 11.5 Å². The lowest BCUT2D eigenvalue weighted by molar-refractivity contribution is 0.0845. The molecule has 7 nitrogen and oxygen atoms in total. The predicted octanol–water partition coefficient (Wildman–Crippen LogP) is 2.46. The van der Waals surface area contributed by atoms with E-state index in [-0.39, 0.29) is 0 Å². The number of carbonyl (C=O) groups is 2. The first-order chi connectivity index (χ1) is 11.6. The zero-order valence-electron chi connectivity index (χ0n) is 13.8. The number of hydrogen-bond donors (Lipinski definition) is 2. The van der Waals surface area contributed by atoms with Gasteiger partial charge >= 0.3 is 0 Å². The minimum Gasteiger partial charge on any atom is -0.490 e. The van der Waals surface area contributed by atoms with Crippen molar-refractivity contribution in [1.29, 1.82) is 0 Å². The van der Waals surface area contributed by atoms with Crippen LogP contribution in [0.4, 0.5) is 0 Å². The van der Waals surface area contributed by atoms with Gasteiger partial charge in [0.1, 0.15) is 5.76 Å². The van der Waals surface area contributed by atoms with Gasteiger partial charge in [0.05, 0.1) is 25.0 Å². The van der Waals surface area contributed by atoms with Crippen molar-refractivity contribution in [1.82, 2.24) is 10.9 Å². The van der Waals surface area contributed by atoms with Crippen LogP contribution in [0.2, 0.25) is 0 Å². The molecule has 24 heavy (non-hydrogen) atoms. The van der Waals surface area contributed by atoms with E-state index in [9.17, 15) is 9.59 Å². The first-order valence-corrected chi connectivity index (χ1v) is 7.61. The molecule has 0 aliphatic heterocycles. The lowest BCUT2D eigenvalue weighted by atomic mass is 10.2. The summed E-state index contributed by atoms with van der Waals surface area (Å²) in [6.07, 6.45) is 1.41. The Morgan fingerprint density at radius 2 is 1.67 bits per heavy atom. The van der Waals surface area contributed by atoms with Gasteiger partial charge in [-0.15, -0.1) is 0 Å². The molecule has 128 valence electrons. The molecule has 1 aromatic carbocycles. The third-order valence-corrected chi connectivity index (χ3v) is 3.20. The van der Waals surface area contributed by atoms with Gasteiger partial charge in [-0.25, -0.2) is 0 Å². The largest absolute Gasteiger partial charge is 0.490 e. The topological polar surface area (TPSA) is 89.8 Å². The van der Waals surface area contributed by atoms with E-state index < -0.39 is 11.8 Å². The highest BCUT2D eigenvalue weighted by Crippen LogP contribution is 2.28. The maximum absolute atomic E-state index is 12.2. The van der Waals surface area contributed by atoms with Crippen LogP contribution >= 0.6 is 0 Å². The summed E-state index contributed by atoms with van der Waals surface area (Å²) in [5.74, 6) is 0.596. The summed E-state index contributed by atoms with van der Waals surface area (Å²) < 4.78 is 16.0. The van der Waals surface area contributed by atoms with Crippen molar-refractivity contribution in [3.63, 3.8) is 0 Å². The third-order valence-electron chi connectivity index (χ3n) is 3.20. The average molecular weight is 332 g/mol. The quantitative estimate of drug-likeness (QED) is 0.793. The Kier molecular flexibility index (Phi) is 5.83. The second kappa shape index (κ2) is 8.05. The normalized spacial score (nSPS) is 10.1. The summed E-state index contributed by atoms with van der Waals surface area (Å²) in [6, 6.07) is 6.35. The summed E-state index contributed by atoms with van der Waals surface area (Å²) in [7, 11) is 0. The van der Waals surface area contributed by atoms with E-state index in [1.54, 1.807) is 25.1 Å². The molecular weight excluding hydrogens is 312 g/mol. The number of hydrogen-bond acceptors (Lipinski definition) is 5. The molecule has 0 atom stereocenters. The van der Waals surface area contributed by atoms with Crippen LogP contribution in [0.3, 0.4) is 0 Å². The Balaban J connectivity index is 2.05. The third kappa shape index (κ3) is 4.07. The van der Waals surface area contributed by atoms with Crippen molar-refractivity contribution in [2.45, 2.75) is 20.8 Å². The molecule has 0 unspecified atom stereocenters.